The summed E-state index contributed by atoms with van der Waals surface area (Å²) in [7, 11) is 0. The lowest BCUT2D eigenvalue weighted by Gasteiger charge is -2.04. The third-order valence-electron chi connectivity index (χ3n) is 2.47. The standard InChI is InChI=1S/C13H19N3O3S/c1-3-18-7-5-6-16-12-9(8-14)10(15)11(20-12)13(17)19-4-2/h16H,3-7,15H2,1-2H3. The highest BCUT2D eigenvalue weighted by Gasteiger charge is 2.21. The van der Waals surface area contributed by atoms with Crippen molar-refractivity contribution in [1.29, 1.82) is 5.26 Å². The molecule has 0 atom stereocenters. The molecule has 0 unspecified atom stereocenters. The van der Waals surface area contributed by atoms with Crippen molar-refractivity contribution in [3.63, 3.8) is 0 Å². The Labute approximate surface area is 122 Å². The molecule has 1 aromatic rings. The summed E-state index contributed by atoms with van der Waals surface area (Å²) in [6, 6.07) is 2.02. The summed E-state index contributed by atoms with van der Waals surface area (Å²) in [6.07, 6.45) is 0.811. The first kappa shape index (κ1) is 16.3. The van der Waals surface area contributed by atoms with Gasteiger partial charge in [0.15, 0.2) is 0 Å². The van der Waals surface area contributed by atoms with Gasteiger partial charge in [-0.2, -0.15) is 5.26 Å². The van der Waals surface area contributed by atoms with Gasteiger partial charge < -0.3 is 20.5 Å². The Bertz CT molecular complexity index is 494. The molecule has 0 aliphatic heterocycles. The molecule has 0 saturated heterocycles. The smallest absolute Gasteiger partial charge is 0.350 e. The molecular weight excluding hydrogens is 278 g/mol. The molecule has 6 nitrogen and oxygen atoms in total. The van der Waals surface area contributed by atoms with Crippen LogP contribution in [0.25, 0.3) is 0 Å². The van der Waals surface area contributed by atoms with Crippen LogP contribution in [0.1, 0.15) is 35.5 Å². The van der Waals surface area contributed by atoms with Crippen molar-refractivity contribution >= 4 is 28.0 Å². The van der Waals surface area contributed by atoms with Gasteiger partial charge in [-0.25, -0.2) is 4.79 Å². The zero-order valence-corrected chi connectivity index (χ0v) is 12.5. The molecule has 0 aromatic carbocycles. The van der Waals surface area contributed by atoms with E-state index in [9.17, 15) is 4.79 Å². The highest BCUT2D eigenvalue weighted by molar-refractivity contribution is 7.18. The number of rotatable bonds is 8. The van der Waals surface area contributed by atoms with Gasteiger partial charge in [0.2, 0.25) is 0 Å². The number of nitrogens with zero attached hydrogens (tertiary/aromatic N) is 1. The van der Waals surface area contributed by atoms with Crippen molar-refractivity contribution in [3.05, 3.63) is 10.4 Å². The molecule has 1 heterocycles. The predicted molar refractivity (Wildman–Crippen MR) is 79.0 cm³/mol. The molecule has 1 aromatic heterocycles. The van der Waals surface area contributed by atoms with Crippen LogP contribution in [0.2, 0.25) is 0 Å². The molecule has 0 spiro atoms. The van der Waals surface area contributed by atoms with Crippen molar-refractivity contribution in [3.8, 4) is 6.07 Å². The third kappa shape index (κ3) is 4.11. The number of nitrogens with one attached hydrogen (secondary N) is 1. The van der Waals surface area contributed by atoms with Gasteiger partial charge in [0, 0.05) is 19.8 Å². The van der Waals surface area contributed by atoms with Crippen LogP contribution in [0.5, 0.6) is 0 Å². The number of hydrogen-bond donors (Lipinski definition) is 2. The average molecular weight is 297 g/mol. The van der Waals surface area contributed by atoms with Crippen LogP contribution in [0.3, 0.4) is 0 Å². The summed E-state index contributed by atoms with van der Waals surface area (Å²) in [5, 5.41) is 12.8. The van der Waals surface area contributed by atoms with E-state index in [1.54, 1.807) is 6.92 Å². The van der Waals surface area contributed by atoms with Crippen LogP contribution in [-0.2, 0) is 9.47 Å². The fraction of sp³-hybridized carbons (Fsp3) is 0.538. The molecule has 110 valence electrons. The third-order valence-corrected chi connectivity index (χ3v) is 3.62. The van der Waals surface area contributed by atoms with Crippen molar-refractivity contribution in [2.45, 2.75) is 20.3 Å². The maximum absolute atomic E-state index is 11.7. The van der Waals surface area contributed by atoms with Gasteiger partial charge in [-0.05, 0) is 20.3 Å². The number of nitrogens with two attached hydrogens (primary N) is 1. The zero-order chi connectivity index (χ0) is 15.0. The van der Waals surface area contributed by atoms with Crippen LogP contribution in [-0.4, -0.2) is 32.3 Å². The molecule has 0 amide bonds. The van der Waals surface area contributed by atoms with E-state index in [2.05, 4.69) is 5.32 Å². The summed E-state index contributed by atoms with van der Waals surface area (Å²) in [4.78, 5) is 12.0. The molecule has 0 aliphatic carbocycles. The topological polar surface area (TPSA) is 97.4 Å². The summed E-state index contributed by atoms with van der Waals surface area (Å²) >= 11 is 1.15. The molecular formula is C13H19N3O3S. The number of esters is 1. The van der Waals surface area contributed by atoms with Crippen molar-refractivity contribution < 1.29 is 14.3 Å². The van der Waals surface area contributed by atoms with Gasteiger partial charge in [-0.3, -0.25) is 0 Å². The first-order valence-corrected chi connectivity index (χ1v) is 7.28. The second-order valence-electron chi connectivity index (χ2n) is 3.86. The Morgan fingerprint density at radius 2 is 2.20 bits per heavy atom. The van der Waals surface area contributed by atoms with Crippen molar-refractivity contribution in [2.24, 2.45) is 0 Å². The first-order valence-electron chi connectivity index (χ1n) is 6.46. The van der Waals surface area contributed by atoms with Gasteiger partial charge in [-0.15, -0.1) is 11.3 Å². The summed E-state index contributed by atoms with van der Waals surface area (Å²) in [5.74, 6) is -0.492. The van der Waals surface area contributed by atoms with E-state index in [-0.39, 0.29) is 17.2 Å². The Morgan fingerprint density at radius 1 is 1.45 bits per heavy atom. The van der Waals surface area contributed by atoms with Gasteiger partial charge in [0.05, 0.1) is 12.3 Å². The van der Waals surface area contributed by atoms with E-state index in [4.69, 9.17) is 20.5 Å². The number of nitriles is 1. The fourth-order valence-corrected chi connectivity index (χ4v) is 2.54. The lowest BCUT2D eigenvalue weighted by atomic mass is 10.2. The van der Waals surface area contributed by atoms with Crippen LogP contribution in [0.4, 0.5) is 10.7 Å². The molecule has 0 radical (unpaired) electrons. The molecule has 0 fully saturated rings. The minimum absolute atomic E-state index is 0.184. The van der Waals surface area contributed by atoms with Crippen LogP contribution >= 0.6 is 11.3 Å². The molecule has 0 saturated carbocycles. The Kier molecular flexibility index (Phi) is 6.84. The monoisotopic (exact) mass is 297 g/mol. The lowest BCUT2D eigenvalue weighted by molar-refractivity contribution is 0.0533. The van der Waals surface area contributed by atoms with E-state index >= 15 is 0 Å². The Hall–Kier alpha value is -1.78. The normalized spacial score (nSPS) is 10.1. The van der Waals surface area contributed by atoms with Gasteiger partial charge in [0.25, 0.3) is 0 Å². The number of anilines is 2. The molecule has 3 N–H and O–H groups in total. The number of carbonyl (C=O) groups excluding carboxylic acids is 1. The first-order chi connectivity index (χ1) is 9.65. The van der Waals surface area contributed by atoms with Crippen LogP contribution in [0, 0.1) is 11.3 Å². The Morgan fingerprint density at radius 3 is 2.80 bits per heavy atom. The number of hydrogen-bond acceptors (Lipinski definition) is 7. The van der Waals surface area contributed by atoms with Crippen LogP contribution < -0.4 is 11.1 Å². The Balaban J connectivity index is 2.73. The summed E-state index contributed by atoms with van der Waals surface area (Å²) in [5.41, 5.74) is 6.30. The second kappa shape index (κ2) is 8.40. The van der Waals surface area contributed by atoms with E-state index in [1.165, 1.54) is 0 Å². The van der Waals surface area contributed by atoms with E-state index in [0.29, 0.717) is 30.3 Å². The average Bonchev–Trinajstić information content (AvgIpc) is 2.75. The molecule has 20 heavy (non-hydrogen) atoms. The molecule has 7 heteroatoms. The number of thiophene rings is 1. The predicted octanol–water partition coefficient (Wildman–Crippen LogP) is 2.22. The summed E-state index contributed by atoms with van der Waals surface area (Å²) < 4.78 is 10.1. The van der Waals surface area contributed by atoms with Crippen molar-refractivity contribution in [2.75, 3.05) is 37.4 Å². The minimum Gasteiger partial charge on any atom is -0.462 e. The zero-order valence-electron chi connectivity index (χ0n) is 11.7. The number of ether oxygens (including phenoxy) is 2. The molecule has 1 rings (SSSR count). The fourth-order valence-electron chi connectivity index (χ4n) is 1.55. The second-order valence-corrected chi connectivity index (χ2v) is 4.88. The maximum atomic E-state index is 11.7. The van der Waals surface area contributed by atoms with Gasteiger partial charge in [0.1, 0.15) is 21.5 Å². The van der Waals surface area contributed by atoms with Crippen molar-refractivity contribution in [1.82, 2.24) is 0 Å². The number of nitrogen functional groups attached to an aromatic ring is 1. The highest BCUT2D eigenvalue weighted by atomic mass is 32.1. The maximum Gasteiger partial charge on any atom is 0.350 e. The number of carbonyl (C=O) groups is 1. The van der Waals surface area contributed by atoms with E-state index in [1.807, 2.05) is 13.0 Å². The van der Waals surface area contributed by atoms with Gasteiger partial charge in [-0.1, -0.05) is 0 Å². The van der Waals surface area contributed by atoms with Crippen LogP contribution in [0.15, 0.2) is 0 Å². The molecule has 0 aliphatic rings. The van der Waals surface area contributed by atoms with Gasteiger partial charge >= 0.3 is 5.97 Å². The molecule has 0 bridgehead atoms. The SMILES string of the molecule is CCOCCCNc1sc(C(=O)OCC)c(N)c1C#N. The highest BCUT2D eigenvalue weighted by Crippen LogP contribution is 2.35. The largest absolute Gasteiger partial charge is 0.462 e. The van der Waals surface area contributed by atoms with E-state index < -0.39 is 5.97 Å². The lowest BCUT2D eigenvalue weighted by Crippen LogP contribution is -2.05. The quantitative estimate of drug-likeness (QED) is 0.564. The van der Waals surface area contributed by atoms with E-state index in [0.717, 1.165) is 17.8 Å². The minimum atomic E-state index is -0.492. The summed E-state index contributed by atoms with van der Waals surface area (Å²) in [6.45, 7) is 5.91.